The smallest absolute Gasteiger partial charge is 0.255 e. The highest BCUT2D eigenvalue weighted by Crippen LogP contribution is 2.22. The van der Waals surface area contributed by atoms with Gasteiger partial charge in [-0.05, 0) is 30.7 Å². The van der Waals surface area contributed by atoms with Gasteiger partial charge in [-0.3, -0.25) is 9.89 Å². The van der Waals surface area contributed by atoms with E-state index < -0.39 is 0 Å². The second kappa shape index (κ2) is 4.57. The van der Waals surface area contributed by atoms with Gasteiger partial charge in [0.05, 0.1) is 17.4 Å². The van der Waals surface area contributed by atoms with Crippen LogP contribution >= 0.6 is 0 Å². The number of aromatic nitrogens is 2. The molecule has 0 spiro atoms. The molecule has 0 radical (unpaired) electrons. The number of hydrogen-bond donors (Lipinski definition) is 2. The molecule has 0 saturated carbocycles. The van der Waals surface area contributed by atoms with E-state index in [0.717, 1.165) is 22.2 Å². The van der Waals surface area contributed by atoms with Crippen LogP contribution in [0.3, 0.4) is 0 Å². The van der Waals surface area contributed by atoms with Gasteiger partial charge in [-0.1, -0.05) is 24.3 Å². The van der Waals surface area contributed by atoms with Crippen LogP contribution < -0.4 is 5.32 Å². The van der Waals surface area contributed by atoms with Gasteiger partial charge in [-0.15, -0.1) is 0 Å². The van der Waals surface area contributed by atoms with E-state index in [1.165, 1.54) is 0 Å². The molecule has 0 aliphatic rings. The maximum Gasteiger partial charge on any atom is 0.255 e. The normalized spacial score (nSPS) is 10.6. The molecule has 0 atom stereocenters. The van der Waals surface area contributed by atoms with E-state index in [2.05, 4.69) is 15.5 Å². The van der Waals surface area contributed by atoms with E-state index in [-0.39, 0.29) is 5.91 Å². The summed E-state index contributed by atoms with van der Waals surface area (Å²) in [5, 5.41) is 10.7. The van der Waals surface area contributed by atoms with Gasteiger partial charge in [0.1, 0.15) is 0 Å². The third kappa shape index (κ3) is 2.08. The van der Waals surface area contributed by atoms with Crippen LogP contribution in [0.1, 0.15) is 15.9 Å². The molecule has 1 amide bonds. The third-order valence-electron chi connectivity index (χ3n) is 3.12. The summed E-state index contributed by atoms with van der Waals surface area (Å²) in [5.74, 6) is -0.105. The Kier molecular flexibility index (Phi) is 2.76. The minimum atomic E-state index is -0.105. The molecule has 4 heteroatoms. The predicted octanol–water partition coefficient (Wildman–Crippen LogP) is 3.12. The molecule has 94 valence electrons. The first-order chi connectivity index (χ1) is 9.25. The number of H-pyrrole nitrogens is 1. The summed E-state index contributed by atoms with van der Waals surface area (Å²) in [4.78, 5) is 12.3. The lowest BCUT2D eigenvalue weighted by Gasteiger charge is -2.08. The van der Waals surface area contributed by atoms with Crippen molar-refractivity contribution in [3.8, 4) is 0 Å². The molecule has 1 aromatic heterocycles. The van der Waals surface area contributed by atoms with Crippen LogP contribution in [0.4, 0.5) is 5.69 Å². The fraction of sp³-hybridized carbons (Fsp3) is 0.0667. The topological polar surface area (TPSA) is 57.8 Å². The largest absolute Gasteiger partial charge is 0.321 e. The van der Waals surface area contributed by atoms with Crippen molar-refractivity contribution in [2.75, 3.05) is 5.32 Å². The molecule has 19 heavy (non-hydrogen) atoms. The Bertz CT molecular complexity index is 746. The molecule has 4 nitrogen and oxygen atoms in total. The molecule has 2 N–H and O–H groups in total. The van der Waals surface area contributed by atoms with Crippen molar-refractivity contribution in [3.63, 3.8) is 0 Å². The number of rotatable bonds is 2. The highest BCUT2D eigenvalue weighted by molar-refractivity contribution is 6.09. The zero-order chi connectivity index (χ0) is 13.2. The number of amides is 1. The molecule has 0 fully saturated rings. The number of carbonyl (C=O) groups is 1. The second-order valence-electron chi connectivity index (χ2n) is 4.41. The molecule has 0 unspecified atom stereocenters. The minimum Gasteiger partial charge on any atom is -0.321 e. The third-order valence-corrected chi connectivity index (χ3v) is 3.12. The summed E-state index contributed by atoms with van der Waals surface area (Å²) in [6.45, 7) is 1.92. The summed E-state index contributed by atoms with van der Waals surface area (Å²) in [5.41, 5.74) is 3.31. The summed E-state index contributed by atoms with van der Waals surface area (Å²) in [6, 6.07) is 13.2. The SMILES string of the molecule is Cc1ccccc1C(=O)Nc1cccc2[nH]ncc12. The number of aromatic amines is 1. The van der Waals surface area contributed by atoms with Gasteiger partial charge in [-0.2, -0.15) is 5.10 Å². The number of carbonyl (C=O) groups excluding carboxylic acids is 1. The maximum atomic E-state index is 12.3. The predicted molar refractivity (Wildman–Crippen MR) is 75.2 cm³/mol. The van der Waals surface area contributed by atoms with E-state index in [0.29, 0.717) is 5.56 Å². The fourth-order valence-electron chi connectivity index (χ4n) is 2.09. The Morgan fingerprint density at radius 1 is 1.16 bits per heavy atom. The minimum absolute atomic E-state index is 0.105. The summed E-state index contributed by atoms with van der Waals surface area (Å²) < 4.78 is 0. The van der Waals surface area contributed by atoms with Crippen LogP contribution in [0, 0.1) is 6.92 Å². The number of nitrogens with zero attached hydrogens (tertiary/aromatic N) is 1. The first kappa shape index (κ1) is 11.5. The molecular weight excluding hydrogens is 238 g/mol. The highest BCUT2D eigenvalue weighted by Gasteiger charge is 2.10. The van der Waals surface area contributed by atoms with Crippen LogP contribution in [-0.2, 0) is 0 Å². The van der Waals surface area contributed by atoms with Gasteiger partial charge in [0, 0.05) is 10.9 Å². The molecular formula is C15H13N3O. The van der Waals surface area contributed by atoms with E-state index in [1.807, 2.05) is 49.4 Å². The van der Waals surface area contributed by atoms with Crippen molar-refractivity contribution in [3.05, 3.63) is 59.8 Å². The second-order valence-corrected chi connectivity index (χ2v) is 4.41. The number of hydrogen-bond acceptors (Lipinski definition) is 2. The lowest BCUT2D eigenvalue weighted by Crippen LogP contribution is -2.13. The Hall–Kier alpha value is -2.62. The number of anilines is 1. The standard InChI is InChI=1S/C15H13N3O/c1-10-5-2-3-6-11(10)15(19)17-13-7-4-8-14-12(13)9-16-18-14/h2-9H,1H3,(H,16,18)(H,17,19). The Morgan fingerprint density at radius 3 is 2.84 bits per heavy atom. The summed E-state index contributed by atoms with van der Waals surface area (Å²) >= 11 is 0. The van der Waals surface area contributed by atoms with Crippen LogP contribution in [0.2, 0.25) is 0 Å². The average molecular weight is 251 g/mol. The zero-order valence-electron chi connectivity index (χ0n) is 10.5. The first-order valence-corrected chi connectivity index (χ1v) is 6.05. The van der Waals surface area contributed by atoms with E-state index in [1.54, 1.807) is 6.20 Å². The molecule has 0 aliphatic carbocycles. The van der Waals surface area contributed by atoms with Crippen molar-refractivity contribution in [1.29, 1.82) is 0 Å². The Morgan fingerprint density at radius 2 is 2.00 bits per heavy atom. The van der Waals surface area contributed by atoms with Crippen LogP contribution in [0.15, 0.2) is 48.7 Å². The fourth-order valence-corrected chi connectivity index (χ4v) is 2.09. The lowest BCUT2D eigenvalue weighted by molar-refractivity contribution is 0.102. The summed E-state index contributed by atoms with van der Waals surface area (Å²) in [6.07, 6.45) is 1.71. The molecule has 2 aromatic carbocycles. The van der Waals surface area contributed by atoms with Gasteiger partial charge >= 0.3 is 0 Å². The van der Waals surface area contributed by atoms with Gasteiger partial charge in [0.25, 0.3) is 5.91 Å². The number of fused-ring (bicyclic) bond motifs is 1. The van der Waals surface area contributed by atoms with E-state index in [4.69, 9.17) is 0 Å². The monoisotopic (exact) mass is 251 g/mol. The van der Waals surface area contributed by atoms with Crippen molar-refractivity contribution in [1.82, 2.24) is 10.2 Å². The molecule has 0 bridgehead atoms. The number of nitrogens with one attached hydrogen (secondary N) is 2. The van der Waals surface area contributed by atoms with E-state index in [9.17, 15) is 4.79 Å². The number of aryl methyl sites for hydroxylation is 1. The van der Waals surface area contributed by atoms with Crippen LogP contribution in [0.25, 0.3) is 10.9 Å². The average Bonchev–Trinajstić information content (AvgIpc) is 2.88. The molecule has 0 saturated heterocycles. The lowest BCUT2D eigenvalue weighted by atomic mass is 10.1. The quantitative estimate of drug-likeness (QED) is 0.735. The molecule has 3 aromatic rings. The van der Waals surface area contributed by atoms with E-state index >= 15 is 0 Å². The van der Waals surface area contributed by atoms with Gasteiger partial charge in [0.2, 0.25) is 0 Å². The number of benzene rings is 2. The van der Waals surface area contributed by atoms with Crippen LogP contribution in [0.5, 0.6) is 0 Å². The van der Waals surface area contributed by atoms with Gasteiger partial charge < -0.3 is 5.32 Å². The van der Waals surface area contributed by atoms with Gasteiger partial charge in [0.15, 0.2) is 0 Å². The zero-order valence-corrected chi connectivity index (χ0v) is 10.5. The molecule has 0 aliphatic heterocycles. The molecule has 3 rings (SSSR count). The van der Waals surface area contributed by atoms with Crippen LogP contribution in [-0.4, -0.2) is 16.1 Å². The first-order valence-electron chi connectivity index (χ1n) is 6.05. The van der Waals surface area contributed by atoms with Crippen molar-refractivity contribution in [2.24, 2.45) is 0 Å². The van der Waals surface area contributed by atoms with Crippen molar-refractivity contribution >= 4 is 22.5 Å². The molecule has 1 heterocycles. The maximum absolute atomic E-state index is 12.3. The Balaban J connectivity index is 1.95. The highest BCUT2D eigenvalue weighted by atomic mass is 16.1. The van der Waals surface area contributed by atoms with Gasteiger partial charge in [-0.25, -0.2) is 0 Å². The van der Waals surface area contributed by atoms with Crippen molar-refractivity contribution < 1.29 is 4.79 Å². The van der Waals surface area contributed by atoms with Crippen molar-refractivity contribution in [2.45, 2.75) is 6.92 Å². The Labute approximate surface area is 110 Å². The summed E-state index contributed by atoms with van der Waals surface area (Å²) in [7, 11) is 0.